The molecule has 0 atom stereocenters. The second-order valence-corrected chi connectivity index (χ2v) is 9.60. The average Bonchev–Trinajstić information content (AvgIpc) is 3.42. The predicted octanol–water partition coefficient (Wildman–Crippen LogP) is 4.67. The van der Waals surface area contributed by atoms with Crippen LogP contribution in [0.5, 0.6) is 0 Å². The van der Waals surface area contributed by atoms with Crippen molar-refractivity contribution in [3.63, 3.8) is 0 Å². The Morgan fingerprint density at radius 1 is 1.22 bits per heavy atom. The van der Waals surface area contributed by atoms with Gasteiger partial charge in [0, 0.05) is 23.4 Å². The summed E-state index contributed by atoms with van der Waals surface area (Å²) in [6, 6.07) is 10.7. The SMILES string of the molecule is CCN(c1ccccc1)S(=O)(=O)c1cc(-c2noc(C3CCCC3)n2)cs1. The highest BCUT2D eigenvalue weighted by molar-refractivity contribution is 7.94. The van der Waals surface area contributed by atoms with Crippen molar-refractivity contribution in [3.05, 3.63) is 47.7 Å². The van der Waals surface area contributed by atoms with E-state index in [9.17, 15) is 8.42 Å². The number of thiophene rings is 1. The van der Waals surface area contributed by atoms with Crippen molar-refractivity contribution >= 4 is 27.0 Å². The zero-order valence-electron chi connectivity index (χ0n) is 15.0. The second kappa shape index (κ2) is 7.44. The van der Waals surface area contributed by atoms with Crippen LogP contribution in [0.15, 0.2) is 50.5 Å². The molecule has 1 fully saturated rings. The quantitative estimate of drug-likeness (QED) is 0.598. The highest BCUT2D eigenvalue weighted by Gasteiger charge is 2.27. The van der Waals surface area contributed by atoms with Crippen molar-refractivity contribution in [2.75, 3.05) is 10.8 Å². The number of rotatable bonds is 6. The van der Waals surface area contributed by atoms with Gasteiger partial charge in [-0.05, 0) is 38.0 Å². The molecule has 0 saturated heterocycles. The lowest BCUT2D eigenvalue weighted by Crippen LogP contribution is -2.30. The summed E-state index contributed by atoms with van der Waals surface area (Å²) in [6.45, 7) is 2.18. The van der Waals surface area contributed by atoms with Gasteiger partial charge in [0.1, 0.15) is 4.21 Å². The third kappa shape index (κ3) is 3.51. The van der Waals surface area contributed by atoms with Crippen molar-refractivity contribution in [1.82, 2.24) is 10.1 Å². The van der Waals surface area contributed by atoms with E-state index in [2.05, 4.69) is 10.1 Å². The molecule has 2 aromatic heterocycles. The maximum atomic E-state index is 13.1. The van der Waals surface area contributed by atoms with Crippen LogP contribution in [0.4, 0.5) is 5.69 Å². The molecule has 0 unspecified atom stereocenters. The van der Waals surface area contributed by atoms with Crippen molar-refractivity contribution in [2.45, 2.75) is 42.7 Å². The fraction of sp³-hybridized carbons (Fsp3) is 0.368. The number of hydrogen-bond acceptors (Lipinski definition) is 6. The Morgan fingerprint density at radius 2 is 1.96 bits per heavy atom. The molecule has 4 rings (SSSR count). The van der Waals surface area contributed by atoms with Crippen LogP contribution in [0.25, 0.3) is 11.4 Å². The molecule has 1 aliphatic rings. The van der Waals surface area contributed by atoms with Gasteiger partial charge < -0.3 is 4.52 Å². The molecule has 0 amide bonds. The normalized spacial score (nSPS) is 15.3. The molecular formula is C19H21N3O3S2. The topological polar surface area (TPSA) is 76.3 Å². The van der Waals surface area contributed by atoms with E-state index in [0.29, 0.717) is 35.4 Å². The lowest BCUT2D eigenvalue weighted by Gasteiger charge is -2.21. The van der Waals surface area contributed by atoms with Gasteiger partial charge in [-0.3, -0.25) is 4.31 Å². The maximum Gasteiger partial charge on any atom is 0.273 e. The lowest BCUT2D eigenvalue weighted by atomic mass is 10.1. The van der Waals surface area contributed by atoms with Gasteiger partial charge in [0.2, 0.25) is 11.7 Å². The van der Waals surface area contributed by atoms with Crippen LogP contribution >= 0.6 is 11.3 Å². The van der Waals surface area contributed by atoms with Crippen molar-refractivity contribution in [1.29, 1.82) is 0 Å². The number of aromatic nitrogens is 2. The minimum Gasteiger partial charge on any atom is -0.339 e. The van der Waals surface area contributed by atoms with E-state index >= 15 is 0 Å². The van der Waals surface area contributed by atoms with Gasteiger partial charge in [0.25, 0.3) is 10.0 Å². The third-order valence-electron chi connectivity index (χ3n) is 4.86. The summed E-state index contributed by atoms with van der Waals surface area (Å²) in [5.41, 5.74) is 1.33. The van der Waals surface area contributed by atoms with Crippen LogP contribution in [0.3, 0.4) is 0 Å². The molecule has 142 valence electrons. The molecule has 8 heteroatoms. The van der Waals surface area contributed by atoms with Crippen LogP contribution in [0.2, 0.25) is 0 Å². The van der Waals surface area contributed by atoms with E-state index in [0.717, 1.165) is 12.8 Å². The maximum absolute atomic E-state index is 13.1. The fourth-order valence-corrected chi connectivity index (χ4v) is 6.20. The predicted molar refractivity (Wildman–Crippen MR) is 105 cm³/mol. The molecular weight excluding hydrogens is 382 g/mol. The highest BCUT2D eigenvalue weighted by atomic mass is 32.2. The highest BCUT2D eigenvalue weighted by Crippen LogP contribution is 2.35. The second-order valence-electron chi connectivity index (χ2n) is 6.60. The Bertz CT molecular complexity index is 1010. The van der Waals surface area contributed by atoms with Gasteiger partial charge >= 0.3 is 0 Å². The zero-order chi connectivity index (χ0) is 18.9. The fourth-order valence-electron chi connectivity index (χ4n) is 3.45. The Hall–Kier alpha value is -2.19. The smallest absolute Gasteiger partial charge is 0.273 e. The molecule has 0 radical (unpaired) electrons. The Balaban J connectivity index is 1.61. The molecule has 2 heterocycles. The van der Waals surface area contributed by atoms with Crippen molar-refractivity contribution < 1.29 is 12.9 Å². The number of sulfonamides is 1. The number of benzene rings is 1. The van der Waals surface area contributed by atoms with E-state index in [4.69, 9.17) is 4.52 Å². The Morgan fingerprint density at radius 3 is 2.67 bits per heavy atom. The third-order valence-corrected chi connectivity index (χ3v) is 8.17. The standard InChI is InChI=1S/C19H21N3O3S2/c1-2-22(16-10-4-3-5-11-16)27(23,24)17-12-15(13-26-17)18-20-19(25-21-18)14-8-6-7-9-14/h3-5,10-14H,2,6-9H2,1H3. The number of para-hydroxylation sites is 1. The van der Waals surface area contributed by atoms with Crippen LogP contribution in [0.1, 0.15) is 44.4 Å². The van der Waals surface area contributed by atoms with Gasteiger partial charge in [0.15, 0.2) is 0 Å². The first-order chi connectivity index (χ1) is 13.1. The molecule has 0 aliphatic heterocycles. The van der Waals surface area contributed by atoms with E-state index in [1.54, 1.807) is 23.6 Å². The lowest BCUT2D eigenvalue weighted by molar-refractivity contribution is 0.354. The van der Waals surface area contributed by atoms with E-state index in [-0.39, 0.29) is 4.21 Å². The monoisotopic (exact) mass is 403 g/mol. The van der Waals surface area contributed by atoms with Gasteiger partial charge in [-0.2, -0.15) is 4.98 Å². The number of hydrogen-bond donors (Lipinski definition) is 0. The van der Waals surface area contributed by atoms with Crippen molar-refractivity contribution in [2.24, 2.45) is 0 Å². The van der Waals surface area contributed by atoms with E-state index < -0.39 is 10.0 Å². The molecule has 6 nitrogen and oxygen atoms in total. The summed E-state index contributed by atoms with van der Waals surface area (Å²) in [5, 5.41) is 5.83. The minimum atomic E-state index is -3.63. The Labute approximate surface area is 162 Å². The Kier molecular flexibility index (Phi) is 5.01. The molecule has 0 bridgehead atoms. The first-order valence-electron chi connectivity index (χ1n) is 9.10. The zero-order valence-corrected chi connectivity index (χ0v) is 16.7. The molecule has 3 aromatic rings. The summed E-state index contributed by atoms with van der Waals surface area (Å²) in [5.74, 6) is 1.46. The molecule has 0 spiro atoms. The van der Waals surface area contributed by atoms with Crippen LogP contribution < -0.4 is 4.31 Å². The summed E-state index contributed by atoms with van der Waals surface area (Å²) >= 11 is 1.18. The first kappa shape index (κ1) is 18.2. The molecule has 1 saturated carbocycles. The first-order valence-corrected chi connectivity index (χ1v) is 11.4. The largest absolute Gasteiger partial charge is 0.339 e. The summed E-state index contributed by atoms with van der Waals surface area (Å²) < 4.78 is 33.3. The number of nitrogens with zero attached hydrogens (tertiary/aromatic N) is 3. The van der Waals surface area contributed by atoms with Crippen LogP contribution in [0, 0.1) is 0 Å². The summed E-state index contributed by atoms with van der Waals surface area (Å²) in [6.07, 6.45) is 4.53. The van der Waals surface area contributed by atoms with Crippen LogP contribution in [-0.2, 0) is 10.0 Å². The van der Waals surface area contributed by atoms with Gasteiger partial charge in [-0.1, -0.05) is 36.2 Å². The number of anilines is 1. The molecule has 27 heavy (non-hydrogen) atoms. The molecule has 1 aliphatic carbocycles. The van der Waals surface area contributed by atoms with Crippen LogP contribution in [-0.4, -0.2) is 25.1 Å². The average molecular weight is 404 g/mol. The van der Waals surface area contributed by atoms with Gasteiger partial charge in [0.05, 0.1) is 5.69 Å². The summed E-state index contributed by atoms with van der Waals surface area (Å²) in [7, 11) is -3.63. The molecule has 1 aromatic carbocycles. The van der Waals surface area contributed by atoms with Gasteiger partial charge in [-0.25, -0.2) is 8.42 Å². The van der Waals surface area contributed by atoms with Gasteiger partial charge in [-0.15, -0.1) is 11.3 Å². The molecule has 0 N–H and O–H groups in total. The summed E-state index contributed by atoms with van der Waals surface area (Å²) in [4.78, 5) is 4.50. The van der Waals surface area contributed by atoms with Crippen molar-refractivity contribution in [3.8, 4) is 11.4 Å². The van der Waals surface area contributed by atoms with E-state index in [1.165, 1.54) is 28.5 Å². The van der Waals surface area contributed by atoms with E-state index in [1.807, 2.05) is 25.1 Å². The minimum absolute atomic E-state index is 0.274.